The summed E-state index contributed by atoms with van der Waals surface area (Å²) in [7, 11) is 0. The van der Waals surface area contributed by atoms with Gasteiger partial charge in [-0.15, -0.1) is 0 Å². The smallest absolute Gasteiger partial charge is 0.101 e. The van der Waals surface area contributed by atoms with Crippen molar-refractivity contribution >= 4 is 11.8 Å². The van der Waals surface area contributed by atoms with Crippen molar-refractivity contribution in [2.24, 2.45) is 0 Å². The van der Waals surface area contributed by atoms with Crippen molar-refractivity contribution in [2.45, 2.75) is 43.7 Å². The molecule has 20 heavy (non-hydrogen) atoms. The number of benzene rings is 1. The molecule has 0 fully saturated rings. The van der Waals surface area contributed by atoms with Gasteiger partial charge in [-0.2, -0.15) is 0 Å². The average Bonchev–Trinajstić information content (AvgIpc) is 2.43. The fourth-order valence-electron chi connectivity index (χ4n) is 2.16. The molecule has 1 heterocycles. The molecule has 1 aromatic heterocycles. The summed E-state index contributed by atoms with van der Waals surface area (Å²) in [5, 5.41) is 4.45. The van der Waals surface area contributed by atoms with Crippen LogP contribution in [0.1, 0.15) is 36.6 Å². The summed E-state index contributed by atoms with van der Waals surface area (Å²) >= 11 is 1.73. The Labute approximate surface area is 126 Å². The Balaban J connectivity index is 2.10. The molecule has 0 aliphatic rings. The van der Waals surface area contributed by atoms with E-state index in [0.717, 1.165) is 11.6 Å². The van der Waals surface area contributed by atoms with Gasteiger partial charge in [0.2, 0.25) is 0 Å². The third-order valence-corrected chi connectivity index (χ3v) is 4.44. The van der Waals surface area contributed by atoms with E-state index in [2.05, 4.69) is 68.3 Å². The Kier molecular flexibility index (Phi) is 5.21. The third-order valence-electron chi connectivity index (χ3n) is 3.31. The van der Waals surface area contributed by atoms with Crippen LogP contribution in [0.15, 0.2) is 46.5 Å². The van der Waals surface area contributed by atoms with E-state index in [1.165, 1.54) is 21.6 Å². The molecule has 0 saturated heterocycles. The van der Waals surface area contributed by atoms with Crippen LogP contribution in [0, 0.1) is 13.8 Å². The van der Waals surface area contributed by atoms with Crippen LogP contribution >= 0.6 is 11.8 Å². The molecule has 0 saturated carbocycles. The van der Waals surface area contributed by atoms with Crippen LogP contribution < -0.4 is 5.32 Å². The topological polar surface area (TPSA) is 24.9 Å². The van der Waals surface area contributed by atoms with Crippen LogP contribution in [0.5, 0.6) is 0 Å². The zero-order chi connectivity index (χ0) is 14.5. The summed E-state index contributed by atoms with van der Waals surface area (Å²) in [4.78, 5) is 5.84. The molecule has 2 rings (SSSR count). The summed E-state index contributed by atoms with van der Waals surface area (Å²) in [6.07, 6.45) is 1.97. The molecule has 0 aliphatic carbocycles. The first-order chi connectivity index (χ1) is 9.60. The second kappa shape index (κ2) is 6.91. The molecule has 0 spiro atoms. The van der Waals surface area contributed by atoms with Crippen LogP contribution in [0.4, 0.5) is 0 Å². The Hall–Kier alpha value is -1.32. The molecule has 1 atom stereocenters. The Morgan fingerprint density at radius 3 is 2.60 bits per heavy atom. The molecule has 1 aromatic carbocycles. The van der Waals surface area contributed by atoms with Gasteiger partial charge in [0.25, 0.3) is 0 Å². The number of rotatable bonds is 5. The number of pyridine rings is 1. The van der Waals surface area contributed by atoms with Gasteiger partial charge in [0, 0.05) is 17.1 Å². The quantitative estimate of drug-likeness (QED) is 0.874. The van der Waals surface area contributed by atoms with Crippen LogP contribution in [-0.2, 0) is 0 Å². The number of aromatic nitrogens is 1. The molecule has 0 bridgehead atoms. The lowest BCUT2D eigenvalue weighted by Gasteiger charge is -2.12. The zero-order valence-corrected chi connectivity index (χ0v) is 13.4. The number of hydrogen-bond acceptors (Lipinski definition) is 3. The van der Waals surface area contributed by atoms with E-state index in [4.69, 9.17) is 0 Å². The highest BCUT2D eigenvalue weighted by molar-refractivity contribution is 7.99. The largest absolute Gasteiger partial charge is 0.310 e. The first kappa shape index (κ1) is 15.1. The lowest BCUT2D eigenvalue weighted by molar-refractivity contribution is 0.595. The van der Waals surface area contributed by atoms with Gasteiger partial charge in [-0.1, -0.05) is 42.4 Å². The van der Waals surface area contributed by atoms with Gasteiger partial charge in [-0.3, -0.25) is 0 Å². The summed E-state index contributed by atoms with van der Waals surface area (Å²) in [6.45, 7) is 9.53. The maximum Gasteiger partial charge on any atom is 0.101 e. The highest BCUT2D eigenvalue weighted by Crippen LogP contribution is 2.29. The fourth-order valence-corrected chi connectivity index (χ4v) is 2.98. The van der Waals surface area contributed by atoms with Crippen LogP contribution in [0.25, 0.3) is 0 Å². The number of nitrogens with one attached hydrogen (secondary N) is 1. The van der Waals surface area contributed by atoms with Crippen molar-refractivity contribution in [1.82, 2.24) is 10.3 Å². The Morgan fingerprint density at radius 2 is 2.00 bits per heavy atom. The van der Waals surface area contributed by atoms with Gasteiger partial charge in [-0.05, 0) is 50.6 Å². The molecule has 2 nitrogen and oxygen atoms in total. The predicted molar refractivity (Wildman–Crippen MR) is 86.4 cm³/mol. The fraction of sp³-hybridized carbons (Fsp3) is 0.353. The molecule has 3 heteroatoms. The normalized spacial score (nSPS) is 12.4. The number of aryl methyl sites for hydroxylation is 2. The first-order valence-corrected chi connectivity index (χ1v) is 7.86. The van der Waals surface area contributed by atoms with E-state index >= 15 is 0 Å². The second-order valence-electron chi connectivity index (χ2n) is 5.08. The first-order valence-electron chi connectivity index (χ1n) is 7.04. The highest BCUT2D eigenvalue weighted by atomic mass is 32.2. The van der Waals surface area contributed by atoms with Gasteiger partial charge in [0.05, 0.1) is 0 Å². The Morgan fingerprint density at radius 1 is 1.20 bits per heavy atom. The molecule has 0 amide bonds. The van der Waals surface area contributed by atoms with E-state index in [0.29, 0.717) is 6.04 Å². The standard InChI is InChI=1S/C17H22N2S/c1-5-18-14(4)15-7-9-17(19-11-15)20-16-8-6-12(2)10-13(16)3/h6-11,14,18H,5H2,1-4H3. The van der Waals surface area contributed by atoms with Crippen LogP contribution in [0.2, 0.25) is 0 Å². The minimum absolute atomic E-state index is 0.354. The monoisotopic (exact) mass is 286 g/mol. The molecule has 1 N–H and O–H groups in total. The third kappa shape index (κ3) is 3.84. The van der Waals surface area contributed by atoms with Gasteiger partial charge in [0.15, 0.2) is 0 Å². The van der Waals surface area contributed by atoms with E-state index in [1.54, 1.807) is 11.8 Å². The zero-order valence-electron chi connectivity index (χ0n) is 12.6. The van der Waals surface area contributed by atoms with Crippen molar-refractivity contribution in [3.05, 3.63) is 53.2 Å². The lowest BCUT2D eigenvalue weighted by Crippen LogP contribution is -2.17. The summed E-state index contributed by atoms with van der Waals surface area (Å²) < 4.78 is 0. The molecule has 0 radical (unpaired) electrons. The molecule has 106 valence electrons. The molecular weight excluding hydrogens is 264 g/mol. The highest BCUT2D eigenvalue weighted by Gasteiger charge is 2.06. The molecular formula is C17H22N2S. The molecule has 2 aromatic rings. The lowest BCUT2D eigenvalue weighted by atomic mass is 10.1. The summed E-state index contributed by atoms with van der Waals surface area (Å²) in [6, 6.07) is 11.2. The van der Waals surface area contributed by atoms with E-state index in [1.807, 2.05) is 6.20 Å². The minimum atomic E-state index is 0.354. The maximum absolute atomic E-state index is 4.56. The summed E-state index contributed by atoms with van der Waals surface area (Å²) in [5.41, 5.74) is 3.84. The minimum Gasteiger partial charge on any atom is -0.310 e. The van der Waals surface area contributed by atoms with Crippen LogP contribution in [0.3, 0.4) is 0 Å². The van der Waals surface area contributed by atoms with E-state index < -0.39 is 0 Å². The number of hydrogen-bond donors (Lipinski definition) is 1. The Bertz CT molecular complexity index is 564. The maximum atomic E-state index is 4.56. The van der Waals surface area contributed by atoms with Gasteiger partial charge < -0.3 is 5.32 Å². The van der Waals surface area contributed by atoms with Crippen molar-refractivity contribution in [1.29, 1.82) is 0 Å². The molecule has 1 unspecified atom stereocenters. The van der Waals surface area contributed by atoms with Crippen molar-refractivity contribution < 1.29 is 0 Å². The van der Waals surface area contributed by atoms with Crippen molar-refractivity contribution in [3.8, 4) is 0 Å². The van der Waals surface area contributed by atoms with Crippen molar-refractivity contribution in [2.75, 3.05) is 6.54 Å². The number of nitrogens with zero attached hydrogens (tertiary/aromatic N) is 1. The van der Waals surface area contributed by atoms with E-state index in [9.17, 15) is 0 Å². The summed E-state index contributed by atoms with van der Waals surface area (Å²) in [5.74, 6) is 0. The second-order valence-corrected chi connectivity index (χ2v) is 6.14. The average molecular weight is 286 g/mol. The van der Waals surface area contributed by atoms with E-state index in [-0.39, 0.29) is 0 Å². The van der Waals surface area contributed by atoms with Gasteiger partial charge in [0.1, 0.15) is 5.03 Å². The molecule has 0 aliphatic heterocycles. The van der Waals surface area contributed by atoms with Crippen LogP contribution in [-0.4, -0.2) is 11.5 Å². The SMILES string of the molecule is CCNC(C)c1ccc(Sc2ccc(C)cc2C)nc1. The van der Waals surface area contributed by atoms with Gasteiger partial charge in [-0.25, -0.2) is 4.98 Å². The van der Waals surface area contributed by atoms with Gasteiger partial charge >= 0.3 is 0 Å². The van der Waals surface area contributed by atoms with Crippen molar-refractivity contribution in [3.63, 3.8) is 0 Å². The predicted octanol–water partition coefficient (Wildman–Crippen LogP) is 4.52.